The molecular weight excluding hydrogens is 234 g/mol. The van der Waals surface area contributed by atoms with E-state index in [0.717, 1.165) is 12.6 Å². The van der Waals surface area contributed by atoms with E-state index in [1.54, 1.807) is 0 Å². The highest BCUT2D eigenvalue weighted by Gasteiger charge is 2.34. The van der Waals surface area contributed by atoms with Crippen molar-refractivity contribution in [2.45, 2.75) is 57.9 Å². The fourth-order valence-corrected chi connectivity index (χ4v) is 4.06. The van der Waals surface area contributed by atoms with Gasteiger partial charge in [-0.1, -0.05) is 26.2 Å². The van der Waals surface area contributed by atoms with Crippen molar-refractivity contribution in [3.63, 3.8) is 0 Å². The van der Waals surface area contributed by atoms with Crippen LogP contribution in [-0.2, 0) is 0 Å². The first kappa shape index (κ1) is 15.3. The van der Waals surface area contributed by atoms with Gasteiger partial charge in [0, 0.05) is 12.6 Å². The van der Waals surface area contributed by atoms with Crippen molar-refractivity contribution in [1.29, 1.82) is 0 Å². The summed E-state index contributed by atoms with van der Waals surface area (Å²) in [5.41, 5.74) is 6.55. The molecule has 0 aromatic heterocycles. The molecule has 2 N–H and O–H groups in total. The molecule has 2 aliphatic rings. The van der Waals surface area contributed by atoms with Crippen molar-refractivity contribution in [1.82, 2.24) is 9.80 Å². The molecule has 112 valence electrons. The first-order valence-electron chi connectivity index (χ1n) is 8.32. The van der Waals surface area contributed by atoms with Crippen LogP contribution in [0.3, 0.4) is 0 Å². The molecule has 19 heavy (non-hydrogen) atoms. The number of rotatable bonds is 5. The summed E-state index contributed by atoms with van der Waals surface area (Å²) < 4.78 is 0. The predicted molar refractivity (Wildman–Crippen MR) is 82.3 cm³/mol. The van der Waals surface area contributed by atoms with Gasteiger partial charge < -0.3 is 15.5 Å². The van der Waals surface area contributed by atoms with Crippen LogP contribution in [0.1, 0.15) is 51.9 Å². The first-order chi connectivity index (χ1) is 9.19. The van der Waals surface area contributed by atoms with Crippen molar-refractivity contribution >= 4 is 0 Å². The lowest BCUT2D eigenvalue weighted by Crippen LogP contribution is -2.49. The second-order valence-corrected chi connectivity index (χ2v) is 6.85. The van der Waals surface area contributed by atoms with Crippen LogP contribution in [-0.4, -0.2) is 55.6 Å². The zero-order chi connectivity index (χ0) is 13.7. The Balaban J connectivity index is 1.84. The van der Waals surface area contributed by atoms with Gasteiger partial charge in [0.05, 0.1) is 0 Å². The summed E-state index contributed by atoms with van der Waals surface area (Å²) in [5.74, 6) is 0. The Morgan fingerprint density at radius 1 is 1.16 bits per heavy atom. The summed E-state index contributed by atoms with van der Waals surface area (Å²) in [6.45, 7) is 8.15. The molecule has 3 heteroatoms. The predicted octanol–water partition coefficient (Wildman–Crippen LogP) is 2.31. The van der Waals surface area contributed by atoms with Crippen LogP contribution in [0.4, 0.5) is 0 Å². The average Bonchev–Trinajstić information content (AvgIpc) is 2.48. The zero-order valence-corrected chi connectivity index (χ0v) is 13.0. The van der Waals surface area contributed by atoms with E-state index in [-0.39, 0.29) is 0 Å². The monoisotopic (exact) mass is 267 g/mol. The number of piperidine rings is 1. The quantitative estimate of drug-likeness (QED) is 0.830. The summed E-state index contributed by atoms with van der Waals surface area (Å²) >= 11 is 0. The van der Waals surface area contributed by atoms with E-state index in [1.165, 1.54) is 71.1 Å². The Bertz CT molecular complexity index is 253. The minimum absolute atomic E-state index is 0.425. The molecule has 1 saturated carbocycles. The minimum Gasteiger partial charge on any atom is -0.330 e. The normalized spacial score (nSPS) is 25.9. The molecule has 0 bridgehead atoms. The molecule has 2 rings (SSSR count). The highest BCUT2D eigenvalue weighted by Crippen LogP contribution is 2.36. The lowest BCUT2D eigenvalue weighted by atomic mass is 9.73. The second-order valence-electron chi connectivity index (χ2n) is 6.85. The summed E-state index contributed by atoms with van der Waals surface area (Å²) in [6.07, 6.45) is 9.57. The molecule has 0 aromatic rings. The fraction of sp³-hybridized carbons (Fsp3) is 1.00. The standard InChI is InChI=1S/C16H33N3/c1-3-19-11-7-15(8-12-19)18(2)14-16(13-17)9-5-4-6-10-16/h15H,3-14,17H2,1-2H3. The molecule has 3 nitrogen and oxygen atoms in total. The van der Waals surface area contributed by atoms with Gasteiger partial charge in [0.25, 0.3) is 0 Å². The van der Waals surface area contributed by atoms with Crippen LogP contribution in [0.5, 0.6) is 0 Å². The van der Waals surface area contributed by atoms with E-state index in [4.69, 9.17) is 5.73 Å². The number of hydrogen-bond acceptors (Lipinski definition) is 3. The van der Waals surface area contributed by atoms with Gasteiger partial charge in [-0.05, 0) is 64.3 Å². The van der Waals surface area contributed by atoms with Crippen molar-refractivity contribution in [3.8, 4) is 0 Å². The molecule has 0 spiro atoms. The molecule has 0 aromatic carbocycles. The summed E-state index contributed by atoms with van der Waals surface area (Å²) in [7, 11) is 2.33. The number of nitrogens with two attached hydrogens (primary N) is 1. The Morgan fingerprint density at radius 3 is 2.32 bits per heavy atom. The molecule has 1 saturated heterocycles. The van der Waals surface area contributed by atoms with E-state index >= 15 is 0 Å². The van der Waals surface area contributed by atoms with E-state index in [0.29, 0.717) is 5.41 Å². The molecule has 1 aliphatic carbocycles. The Morgan fingerprint density at radius 2 is 1.79 bits per heavy atom. The Hall–Kier alpha value is -0.120. The zero-order valence-electron chi connectivity index (χ0n) is 13.0. The molecule has 1 aliphatic heterocycles. The SMILES string of the molecule is CCN1CCC(N(C)CC2(CN)CCCCC2)CC1. The van der Waals surface area contributed by atoms with Crippen molar-refractivity contribution in [2.24, 2.45) is 11.1 Å². The van der Waals surface area contributed by atoms with Gasteiger partial charge in [-0.25, -0.2) is 0 Å². The van der Waals surface area contributed by atoms with Crippen LogP contribution in [0.2, 0.25) is 0 Å². The topological polar surface area (TPSA) is 32.5 Å². The van der Waals surface area contributed by atoms with Crippen molar-refractivity contribution in [2.75, 3.05) is 39.8 Å². The average molecular weight is 267 g/mol. The van der Waals surface area contributed by atoms with E-state index < -0.39 is 0 Å². The van der Waals surface area contributed by atoms with E-state index in [9.17, 15) is 0 Å². The highest BCUT2D eigenvalue weighted by atomic mass is 15.2. The molecule has 1 heterocycles. The van der Waals surface area contributed by atoms with Gasteiger partial charge in [0.2, 0.25) is 0 Å². The fourth-order valence-electron chi connectivity index (χ4n) is 4.06. The van der Waals surface area contributed by atoms with Gasteiger partial charge in [0.1, 0.15) is 0 Å². The van der Waals surface area contributed by atoms with Gasteiger partial charge in [-0.3, -0.25) is 0 Å². The van der Waals surface area contributed by atoms with Crippen LogP contribution in [0, 0.1) is 5.41 Å². The molecular formula is C16H33N3. The molecule has 0 amide bonds. The van der Waals surface area contributed by atoms with Gasteiger partial charge in [-0.2, -0.15) is 0 Å². The highest BCUT2D eigenvalue weighted by molar-refractivity contribution is 4.89. The van der Waals surface area contributed by atoms with Crippen LogP contribution in [0.25, 0.3) is 0 Å². The molecule has 2 fully saturated rings. The third-order valence-corrected chi connectivity index (χ3v) is 5.56. The van der Waals surface area contributed by atoms with Gasteiger partial charge in [0.15, 0.2) is 0 Å². The summed E-state index contributed by atoms with van der Waals surface area (Å²) in [5, 5.41) is 0. The number of likely N-dealkylation sites (tertiary alicyclic amines) is 1. The van der Waals surface area contributed by atoms with Gasteiger partial charge in [-0.15, -0.1) is 0 Å². The molecule has 0 radical (unpaired) electrons. The van der Waals surface area contributed by atoms with Crippen LogP contribution in [0.15, 0.2) is 0 Å². The number of hydrogen-bond donors (Lipinski definition) is 1. The molecule has 0 atom stereocenters. The van der Waals surface area contributed by atoms with E-state index in [1.807, 2.05) is 0 Å². The van der Waals surface area contributed by atoms with Crippen LogP contribution < -0.4 is 5.73 Å². The maximum absolute atomic E-state index is 6.12. The smallest absolute Gasteiger partial charge is 0.0117 e. The lowest BCUT2D eigenvalue weighted by Gasteiger charge is -2.43. The van der Waals surface area contributed by atoms with Crippen molar-refractivity contribution in [3.05, 3.63) is 0 Å². The maximum atomic E-state index is 6.12. The maximum Gasteiger partial charge on any atom is 0.0117 e. The first-order valence-corrected chi connectivity index (χ1v) is 8.32. The third kappa shape index (κ3) is 3.93. The van der Waals surface area contributed by atoms with Crippen LogP contribution >= 0.6 is 0 Å². The summed E-state index contributed by atoms with van der Waals surface area (Å²) in [6, 6.07) is 0.785. The Kier molecular flexibility index (Phi) is 5.67. The van der Waals surface area contributed by atoms with Gasteiger partial charge >= 0.3 is 0 Å². The number of nitrogens with zero attached hydrogens (tertiary/aromatic N) is 2. The Labute approximate surface area is 119 Å². The summed E-state index contributed by atoms with van der Waals surface area (Å²) in [4.78, 5) is 5.20. The third-order valence-electron chi connectivity index (χ3n) is 5.56. The minimum atomic E-state index is 0.425. The second kappa shape index (κ2) is 7.05. The van der Waals surface area contributed by atoms with E-state index in [2.05, 4.69) is 23.8 Å². The molecule has 0 unspecified atom stereocenters. The largest absolute Gasteiger partial charge is 0.330 e. The van der Waals surface area contributed by atoms with Crippen molar-refractivity contribution < 1.29 is 0 Å². The lowest BCUT2D eigenvalue weighted by molar-refractivity contribution is 0.0694.